The van der Waals surface area contributed by atoms with E-state index in [-0.39, 0.29) is 11.8 Å². The molecule has 2 aliphatic heterocycles. The molecule has 3 heterocycles. The number of nitrogens with zero attached hydrogens (tertiary/aromatic N) is 4. The van der Waals surface area contributed by atoms with E-state index in [4.69, 9.17) is 0 Å². The number of likely N-dealkylation sites (tertiary alicyclic amines) is 1. The maximum atomic E-state index is 12.5. The highest BCUT2D eigenvalue weighted by Crippen LogP contribution is 2.21. The van der Waals surface area contributed by atoms with Crippen LogP contribution in [0.3, 0.4) is 0 Å². The van der Waals surface area contributed by atoms with Crippen LogP contribution in [-0.2, 0) is 4.79 Å². The molecule has 0 radical (unpaired) electrons. The van der Waals surface area contributed by atoms with Crippen molar-refractivity contribution < 1.29 is 4.79 Å². The summed E-state index contributed by atoms with van der Waals surface area (Å²) in [4.78, 5) is 25.8. The Labute approximate surface area is 151 Å². The first-order valence-electron chi connectivity index (χ1n) is 9.81. The first-order valence-corrected chi connectivity index (χ1v) is 9.81. The van der Waals surface area contributed by atoms with E-state index in [0.717, 1.165) is 45.0 Å². The molecule has 2 saturated heterocycles. The molecule has 1 aromatic heterocycles. The number of piperidine rings is 2. The van der Waals surface area contributed by atoms with Crippen LogP contribution in [0.25, 0.3) is 0 Å². The molecule has 2 fully saturated rings. The molecule has 25 heavy (non-hydrogen) atoms. The molecule has 6 heteroatoms. The minimum atomic E-state index is 0.128. The molecule has 0 saturated carbocycles. The summed E-state index contributed by atoms with van der Waals surface area (Å²) in [6, 6.07) is 2.54. The van der Waals surface area contributed by atoms with Gasteiger partial charge in [0.05, 0.1) is 0 Å². The second kappa shape index (κ2) is 9.13. The van der Waals surface area contributed by atoms with Crippen molar-refractivity contribution in [1.82, 2.24) is 20.2 Å². The van der Waals surface area contributed by atoms with Crippen LogP contribution in [0.15, 0.2) is 18.5 Å². The van der Waals surface area contributed by atoms with Gasteiger partial charge in [0, 0.05) is 50.5 Å². The van der Waals surface area contributed by atoms with Crippen molar-refractivity contribution in [2.24, 2.45) is 5.92 Å². The average molecular weight is 345 g/mol. The van der Waals surface area contributed by atoms with Gasteiger partial charge in [0.15, 0.2) is 0 Å². The van der Waals surface area contributed by atoms with Gasteiger partial charge in [-0.05, 0) is 44.7 Å². The molecule has 0 unspecified atom stereocenters. The Morgan fingerprint density at radius 2 is 1.92 bits per heavy atom. The van der Waals surface area contributed by atoms with Crippen LogP contribution in [0.2, 0.25) is 0 Å². The van der Waals surface area contributed by atoms with Gasteiger partial charge in [0.25, 0.3) is 0 Å². The summed E-state index contributed by atoms with van der Waals surface area (Å²) in [5, 5.41) is 3.17. The summed E-state index contributed by atoms with van der Waals surface area (Å²) >= 11 is 0. The summed E-state index contributed by atoms with van der Waals surface area (Å²) in [5.74, 6) is 1.12. The highest BCUT2D eigenvalue weighted by molar-refractivity contribution is 5.78. The molecular formula is C19H31N5O. The molecular weight excluding hydrogens is 314 g/mol. The number of anilines is 1. The largest absolute Gasteiger partial charge is 0.355 e. The quantitative estimate of drug-likeness (QED) is 0.855. The number of carbonyl (C=O) groups excluding carboxylic acids is 1. The van der Waals surface area contributed by atoms with Gasteiger partial charge in [0.1, 0.15) is 0 Å². The second-order valence-electron chi connectivity index (χ2n) is 7.19. The fraction of sp³-hybridized carbons (Fsp3) is 0.737. The van der Waals surface area contributed by atoms with E-state index in [1.54, 1.807) is 12.4 Å². The molecule has 0 aliphatic carbocycles. The van der Waals surface area contributed by atoms with Crippen LogP contribution in [0, 0.1) is 5.92 Å². The monoisotopic (exact) mass is 345 g/mol. The van der Waals surface area contributed by atoms with Crippen LogP contribution in [-0.4, -0.2) is 59.5 Å². The molecule has 3 rings (SSSR count). The SMILES string of the molecule is CC[C@H]1CCCCN1CCNC(=O)C1CCN(c2ncccn2)CC1. The average Bonchev–Trinajstić information content (AvgIpc) is 2.69. The van der Waals surface area contributed by atoms with Crippen molar-refractivity contribution in [3.8, 4) is 0 Å². The fourth-order valence-electron chi connectivity index (χ4n) is 4.08. The number of aromatic nitrogens is 2. The number of nitrogens with one attached hydrogen (secondary N) is 1. The lowest BCUT2D eigenvalue weighted by Crippen LogP contribution is -2.46. The Kier molecular flexibility index (Phi) is 6.62. The maximum absolute atomic E-state index is 12.5. The van der Waals surface area contributed by atoms with E-state index < -0.39 is 0 Å². The Bertz CT molecular complexity index is 530. The predicted octanol–water partition coefficient (Wildman–Crippen LogP) is 2.07. The second-order valence-corrected chi connectivity index (χ2v) is 7.19. The highest BCUT2D eigenvalue weighted by Gasteiger charge is 2.26. The molecule has 1 N–H and O–H groups in total. The van der Waals surface area contributed by atoms with Gasteiger partial charge in [-0.15, -0.1) is 0 Å². The smallest absolute Gasteiger partial charge is 0.225 e. The first kappa shape index (κ1) is 18.1. The van der Waals surface area contributed by atoms with E-state index in [9.17, 15) is 4.79 Å². The first-order chi connectivity index (χ1) is 12.3. The van der Waals surface area contributed by atoms with Crippen molar-refractivity contribution in [2.75, 3.05) is 37.6 Å². The Balaban J connectivity index is 1.38. The molecule has 1 atom stereocenters. The topological polar surface area (TPSA) is 61.4 Å². The third kappa shape index (κ3) is 4.91. The summed E-state index contributed by atoms with van der Waals surface area (Å²) in [6.07, 6.45) is 10.5. The summed E-state index contributed by atoms with van der Waals surface area (Å²) in [7, 11) is 0. The third-order valence-corrected chi connectivity index (χ3v) is 5.62. The summed E-state index contributed by atoms with van der Waals surface area (Å²) < 4.78 is 0. The fourth-order valence-corrected chi connectivity index (χ4v) is 4.08. The van der Waals surface area contributed by atoms with Crippen LogP contribution < -0.4 is 10.2 Å². The van der Waals surface area contributed by atoms with E-state index in [0.29, 0.717) is 6.04 Å². The molecule has 0 bridgehead atoms. The van der Waals surface area contributed by atoms with Crippen LogP contribution >= 0.6 is 0 Å². The van der Waals surface area contributed by atoms with Crippen molar-refractivity contribution >= 4 is 11.9 Å². The Morgan fingerprint density at radius 1 is 1.16 bits per heavy atom. The molecule has 6 nitrogen and oxygen atoms in total. The van der Waals surface area contributed by atoms with Gasteiger partial charge in [-0.25, -0.2) is 9.97 Å². The summed E-state index contributed by atoms with van der Waals surface area (Å²) in [6.45, 7) is 6.92. The standard InChI is InChI=1S/C19H31N5O/c1-2-17-6-3-4-12-23(17)15-11-20-18(25)16-7-13-24(14-8-16)19-21-9-5-10-22-19/h5,9-10,16-17H,2-4,6-8,11-15H2,1H3,(H,20,25)/t17-/m0/s1. The molecule has 1 aromatic rings. The molecule has 0 aromatic carbocycles. The normalized spacial score (nSPS) is 22.8. The minimum absolute atomic E-state index is 0.128. The molecule has 138 valence electrons. The maximum Gasteiger partial charge on any atom is 0.225 e. The number of hydrogen-bond acceptors (Lipinski definition) is 5. The lowest BCUT2D eigenvalue weighted by atomic mass is 9.96. The van der Waals surface area contributed by atoms with Gasteiger partial charge in [-0.2, -0.15) is 0 Å². The van der Waals surface area contributed by atoms with Gasteiger partial charge in [-0.1, -0.05) is 13.3 Å². The van der Waals surface area contributed by atoms with E-state index in [1.165, 1.54) is 32.2 Å². The molecule has 1 amide bonds. The zero-order valence-corrected chi connectivity index (χ0v) is 15.4. The Morgan fingerprint density at radius 3 is 2.64 bits per heavy atom. The minimum Gasteiger partial charge on any atom is -0.355 e. The number of carbonyl (C=O) groups is 1. The highest BCUT2D eigenvalue weighted by atomic mass is 16.1. The van der Waals surface area contributed by atoms with Crippen LogP contribution in [0.5, 0.6) is 0 Å². The van der Waals surface area contributed by atoms with Crippen molar-refractivity contribution in [2.45, 2.75) is 51.5 Å². The zero-order valence-electron chi connectivity index (χ0n) is 15.4. The van der Waals surface area contributed by atoms with E-state index in [1.807, 2.05) is 6.07 Å². The van der Waals surface area contributed by atoms with Crippen molar-refractivity contribution in [3.05, 3.63) is 18.5 Å². The number of amides is 1. The number of hydrogen-bond donors (Lipinski definition) is 1. The van der Waals surface area contributed by atoms with E-state index in [2.05, 4.69) is 32.0 Å². The number of rotatable bonds is 6. The van der Waals surface area contributed by atoms with Crippen LogP contribution in [0.4, 0.5) is 5.95 Å². The summed E-state index contributed by atoms with van der Waals surface area (Å²) in [5.41, 5.74) is 0. The predicted molar refractivity (Wildman–Crippen MR) is 99.5 cm³/mol. The van der Waals surface area contributed by atoms with Gasteiger partial charge in [-0.3, -0.25) is 9.69 Å². The van der Waals surface area contributed by atoms with Crippen molar-refractivity contribution in [1.29, 1.82) is 0 Å². The lowest BCUT2D eigenvalue weighted by Gasteiger charge is -2.35. The molecule has 2 aliphatic rings. The third-order valence-electron chi connectivity index (χ3n) is 5.62. The van der Waals surface area contributed by atoms with Gasteiger partial charge >= 0.3 is 0 Å². The lowest BCUT2D eigenvalue weighted by molar-refractivity contribution is -0.125. The zero-order chi connectivity index (χ0) is 17.5. The Hall–Kier alpha value is -1.69. The van der Waals surface area contributed by atoms with Crippen molar-refractivity contribution in [3.63, 3.8) is 0 Å². The van der Waals surface area contributed by atoms with Crippen LogP contribution in [0.1, 0.15) is 45.4 Å². The van der Waals surface area contributed by atoms with E-state index >= 15 is 0 Å². The molecule has 0 spiro atoms. The van der Waals surface area contributed by atoms with Gasteiger partial charge < -0.3 is 10.2 Å². The van der Waals surface area contributed by atoms with Gasteiger partial charge in [0.2, 0.25) is 11.9 Å².